The highest BCUT2D eigenvalue weighted by molar-refractivity contribution is 6.34. The maximum atomic E-state index is 14.3. The molecule has 0 radical (unpaired) electrons. The molecule has 2 aromatic carbocycles. The number of para-hydroxylation sites is 1. The molecule has 2 saturated heterocycles. The largest absolute Gasteiger partial charge is 0.395 e. The van der Waals surface area contributed by atoms with Crippen molar-refractivity contribution in [2.24, 2.45) is 11.8 Å². The number of carbonyl (C=O) groups is 3. The maximum absolute atomic E-state index is 14.3. The van der Waals surface area contributed by atoms with Crippen molar-refractivity contribution < 1.29 is 24.2 Å². The Morgan fingerprint density at radius 3 is 2.54 bits per heavy atom. The fraction of sp³-hybridized carbons (Fsp3) is 0.367. The lowest BCUT2D eigenvalue weighted by Gasteiger charge is -2.35. The van der Waals surface area contributed by atoms with Gasteiger partial charge in [-0.3, -0.25) is 14.4 Å². The topological polar surface area (TPSA) is 90.4 Å². The van der Waals surface area contributed by atoms with E-state index in [9.17, 15) is 19.5 Å². The minimum atomic E-state index is -1.35. The first-order chi connectivity index (χ1) is 18.9. The number of rotatable bonds is 5. The normalized spacial score (nSPS) is 29.8. The predicted molar refractivity (Wildman–Crippen MR) is 146 cm³/mol. The molecule has 9 heteroatoms. The van der Waals surface area contributed by atoms with E-state index >= 15 is 0 Å². The van der Waals surface area contributed by atoms with Crippen LogP contribution < -0.4 is 4.90 Å². The second kappa shape index (κ2) is 9.93. The molecule has 0 bridgehead atoms. The molecule has 2 aromatic rings. The first kappa shape index (κ1) is 25.8. The number of aryl methyl sites for hydroxylation is 1. The minimum absolute atomic E-state index is 0.0464. The Bertz CT molecular complexity index is 1360. The molecule has 4 heterocycles. The smallest absolute Gasteiger partial charge is 0.253 e. The van der Waals surface area contributed by atoms with Crippen molar-refractivity contribution >= 4 is 35.0 Å². The molecular weight excluding hydrogens is 518 g/mol. The summed E-state index contributed by atoms with van der Waals surface area (Å²) in [5, 5.41) is 10.3. The van der Waals surface area contributed by atoms with Gasteiger partial charge in [0.15, 0.2) is 0 Å². The zero-order chi connectivity index (χ0) is 27.3. The predicted octanol–water partition coefficient (Wildman–Crippen LogP) is 2.72. The number of aliphatic hydroxyl groups excluding tert-OH is 1. The van der Waals surface area contributed by atoms with Crippen molar-refractivity contribution in [3.8, 4) is 0 Å². The highest BCUT2D eigenvalue weighted by Gasteiger charge is 2.71. The Morgan fingerprint density at radius 1 is 1.00 bits per heavy atom. The average molecular weight is 548 g/mol. The highest BCUT2D eigenvalue weighted by atomic mass is 35.5. The summed E-state index contributed by atoms with van der Waals surface area (Å²) in [7, 11) is 0. The molecule has 8 nitrogen and oxygen atoms in total. The maximum Gasteiger partial charge on any atom is 0.253 e. The van der Waals surface area contributed by atoms with Gasteiger partial charge in [-0.15, -0.1) is 0 Å². The van der Waals surface area contributed by atoms with Crippen molar-refractivity contribution in [2.45, 2.75) is 31.2 Å². The monoisotopic (exact) mass is 547 g/mol. The number of aliphatic hydroxyl groups is 1. The summed E-state index contributed by atoms with van der Waals surface area (Å²) in [6, 6.07) is 14.1. The molecule has 0 saturated carbocycles. The second-order valence-electron chi connectivity index (χ2n) is 10.5. The number of hydrogen-bond acceptors (Lipinski definition) is 5. The van der Waals surface area contributed by atoms with Crippen LogP contribution >= 0.6 is 11.6 Å². The summed E-state index contributed by atoms with van der Waals surface area (Å²) < 4.78 is 6.63. The number of fused-ring (bicyclic) bond motifs is 2. The minimum Gasteiger partial charge on any atom is -0.395 e. The standard InChI is InChI=1S/C30H30ClN3O5/c1-19-8-5-11-21(31)25(19)33-15-7-13-30-24(28(37)34(16-17-35)26(30)29(33)38)23-22(39-30)12-6-14-32(27(23)36)18-20-9-3-2-4-10-20/h2-13,22-24,26,35H,14-18H2,1H3/t22-,23+,24+,26?,30+/m1/s1. The summed E-state index contributed by atoms with van der Waals surface area (Å²) in [5.74, 6) is -2.59. The number of amides is 3. The Morgan fingerprint density at radius 2 is 1.79 bits per heavy atom. The first-order valence-corrected chi connectivity index (χ1v) is 13.6. The van der Waals surface area contributed by atoms with Crippen LogP contribution in [0.5, 0.6) is 0 Å². The van der Waals surface area contributed by atoms with E-state index in [1.807, 2.05) is 67.6 Å². The van der Waals surface area contributed by atoms with Gasteiger partial charge in [-0.2, -0.15) is 0 Å². The number of ether oxygens (including phenoxy) is 1. The fourth-order valence-electron chi connectivity index (χ4n) is 6.65. The molecule has 0 aromatic heterocycles. The number of benzene rings is 2. The van der Waals surface area contributed by atoms with E-state index < -0.39 is 29.6 Å². The molecule has 2 fully saturated rings. The summed E-state index contributed by atoms with van der Waals surface area (Å²) in [6.07, 6.45) is 6.71. The number of nitrogens with zero attached hydrogens (tertiary/aromatic N) is 3. The van der Waals surface area contributed by atoms with Crippen molar-refractivity contribution in [1.29, 1.82) is 0 Å². The third-order valence-electron chi connectivity index (χ3n) is 8.26. The number of β-amino-alcohol motifs (C(OH)–C–C–N with tert-alkyl or cyclic N) is 1. The van der Waals surface area contributed by atoms with Gasteiger partial charge in [-0.05, 0) is 24.1 Å². The molecular formula is C30H30ClN3O5. The summed E-state index contributed by atoms with van der Waals surface area (Å²) in [6.45, 7) is 2.54. The molecule has 202 valence electrons. The van der Waals surface area contributed by atoms with Crippen molar-refractivity contribution in [3.05, 3.63) is 89.0 Å². The van der Waals surface area contributed by atoms with Crippen LogP contribution in [-0.4, -0.2) is 76.6 Å². The van der Waals surface area contributed by atoms with Crippen LogP contribution in [0.2, 0.25) is 5.02 Å². The number of halogens is 1. The summed E-state index contributed by atoms with van der Waals surface area (Å²) in [5.41, 5.74) is 1.03. The zero-order valence-corrected chi connectivity index (χ0v) is 22.3. The van der Waals surface area contributed by atoms with Gasteiger partial charge in [0, 0.05) is 26.2 Å². The molecule has 1 N–H and O–H groups in total. The molecule has 0 aliphatic carbocycles. The first-order valence-electron chi connectivity index (χ1n) is 13.2. The van der Waals surface area contributed by atoms with E-state index in [4.69, 9.17) is 16.3 Å². The Kier molecular flexibility index (Phi) is 6.57. The van der Waals surface area contributed by atoms with Crippen molar-refractivity contribution in [1.82, 2.24) is 9.80 Å². The van der Waals surface area contributed by atoms with Crippen LogP contribution in [0.4, 0.5) is 5.69 Å². The van der Waals surface area contributed by atoms with E-state index in [2.05, 4.69) is 0 Å². The zero-order valence-electron chi connectivity index (χ0n) is 21.6. The average Bonchev–Trinajstić information content (AvgIpc) is 3.23. The van der Waals surface area contributed by atoms with E-state index in [-0.39, 0.29) is 37.4 Å². The molecule has 39 heavy (non-hydrogen) atoms. The van der Waals surface area contributed by atoms with Gasteiger partial charge in [0.1, 0.15) is 11.6 Å². The summed E-state index contributed by atoms with van der Waals surface area (Å²) >= 11 is 6.55. The number of hydrogen-bond donors (Lipinski definition) is 1. The van der Waals surface area contributed by atoms with Crippen LogP contribution in [-0.2, 0) is 25.7 Å². The van der Waals surface area contributed by atoms with Gasteiger partial charge in [0.2, 0.25) is 11.8 Å². The molecule has 4 aliphatic heterocycles. The Hall–Kier alpha value is -3.46. The van der Waals surface area contributed by atoms with E-state index in [1.165, 1.54) is 4.90 Å². The van der Waals surface area contributed by atoms with E-state index in [1.54, 1.807) is 21.9 Å². The second-order valence-corrected chi connectivity index (χ2v) is 10.9. The van der Waals surface area contributed by atoms with Gasteiger partial charge in [0.25, 0.3) is 5.91 Å². The molecule has 3 amide bonds. The third kappa shape index (κ3) is 4.01. The number of carbonyl (C=O) groups excluding carboxylic acids is 3. The van der Waals surface area contributed by atoms with Crippen molar-refractivity contribution in [3.63, 3.8) is 0 Å². The van der Waals surface area contributed by atoms with Gasteiger partial charge in [-0.1, -0.05) is 78.4 Å². The molecule has 4 aliphatic rings. The Labute approximate surface area is 232 Å². The number of likely N-dealkylation sites (tertiary alicyclic amines) is 1. The van der Waals surface area contributed by atoms with Gasteiger partial charge in [0.05, 0.1) is 35.3 Å². The lowest BCUT2D eigenvalue weighted by atomic mass is 9.77. The lowest BCUT2D eigenvalue weighted by Crippen LogP contribution is -2.56. The van der Waals surface area contributed by atoms with Crippen molar-refractivity contribution in [2.75, 3.05) is 31.1 Å². The van der Waals surface area contributed by atoms with E-state index in [0.29, 0.717) is 23.8 Å². The Balaban J connectivity index is 1.41. The highest BCUT2D eigenvalue weighted by Crippen LogP contribution is 2.53. The molecule has 6 rings (SSSR count). The van der Waals surface area contributed by atoms with Crippen LogP contribution in [0.1, 0.15) is 11.1 Å². The van der Waals surface area contributed by atoms with Gasteiger partial charge in [-0.25, -0.2) is 0 Å². The number of anilines is 1. The SMILES string of the molecule is Cc1cccc(Cl)c1N1CC=C[C@]23O[C@@H]4C=CCN(Cc5ccccc5)C(=O)[C@@H]4[C@H]2C(=O)N(CCO)C3C1=O. The van der Waals surface area contributed by atoms with Crippen LogP contribution in [0.3, 0.4) is 0 Å². The van der Waals surface area contributed by atoms with Crippen LogP contribution in [0, 0.1) is 18.8 Å². The van der Waals surface area contributed by atoms with Crippen LogP contribution in [0.25, 0.3) is 0 Å². The molecule has 5 atom stereocenters. The summed E-state index contributed by atoms with van der Waals surface area (Å²) in [4.78, 5) is 47.1. The van der Waals surface area contributed by atoms with E-state index in [0.717, 1.165) is 11.1 Å². The third-order valence-corrected chi connectivity index (χ3v) is 8.56. The van der Waals surface area contributed by atoms with Gasteiger partial charge >= 0.3 is 0 Å². The van der Waals surface area contributed by atoms with Gasteiger partial charge < -0.3 is 24.5 Å². The van der Waals surface area contributed by atoms with Crippen LogP contribution in [0.15, 0.2) is 72.8 Å². The fourth-order valence-corrected chi connectivity index (χ4v) is 6.97. The quantitative estimate of drug-likeness (QED) is 0.581. The molecule has 1 spiro atoms. The lowest BCUT2D eigenvalue weighted by molar-refractivity contribution is -0.145. The molecule has 1 unspecified atom stereocenters.